The molecule has 0 aromatic carbocycles. The lowest BCUT2D eigenvalue weighted by Gasteiger charge is -2.26. The molecule has 110 valence electrons. The van der Waals surface area contributed by atoms with E-state index in [0.717, 1.165) is 38.7 Å². The molecule has 6 heteroatoms. The van der Waals surface area contributed by atoms with Crippen molar-refractivity contribution >= 4 is 11.7 Å². The van der Waals surface area contributed by atoms with Gasteiger partial charge >= 0.3 is 0 Å². The number of carbonyl (C=O) groups is 1. The molecule has 0 saturated carbocycles. The summed E-state index contributed by atoms with van der Waals surface area (Å²) >= 11 is 0. The van der Waals surface area contributed by atoms with Crippen LogP contribution in [-0.2, 0) is 4.74 Å². The fourth-order valence-electron chi connectivity index (χ4n) is 2.04. The lowest BCUT2D eigenvalue weighted by atomic mass is 10.3. The van der Waals surface area contributed by atoms with Gasteiger partial charge < -0.3 is 15.0 Å². The van der Waals surface area contributed by atoms with Crippen LogP contribution in [0.1, 0.15) is 10.5 Å². The average Bonchev–Trinajstić information content (AvgIpc) is 2.48. The fourth-order valence-corrected chi connectivity index (χ4v) is 2.04. The summed E-state index contributed by atoms with van der Waals surface area (Å²) < 4.78 is 5.29. The molecule has 0 spiro atoms. The highest BCUT2D eigenvalue weighted by atomic mass is 16.5. The molecule has 0 aliphatic carbocycles. The van der Waals surface area contributed by atoms with Gasteiger partial charge in [0.05, 0.1) is 13.2 Å². The van der Waals surface area contributed by atoms with Crippen molar-refractivity contribution in [3.8, 4) is 0 Å². The minimum absolute atomic E-state index is 0.123. The number of pyridine rings is 1. The molecule has 1 N–H and O–H groups in total. The Morgan fingerprint density at radius 3 is 2.85 bits per heavy atom. The number of rotatable bonds is 5. The van der Waals surface area contributed by atoms with E-state index in [9.17, 15) is 4.79 Å². The van der Waals surface area contributed by atoms with Crippen molar-refractivity contribution in [2.24, 2.45) is 0 Å². The molecule has 2 rings (SSSR count). The molecule has 0 bridgehead atoms. The number of amides is 1. The Morgan fingerprint density at radius 1 is 1.40 bits per heavy atom. The summed E-state index contributed by atoms with van der Waals surface area (Å²) in [6, 6.07) is 5.46. The number of ether oxygens (including phenoxy) is 1. The predicted molar refractivity (Wildman–Crippen MR) is 78.2 cm³/mol. The largest absolute Gasteiger partial charge is 0.379 e. The third-order valence-corrected chi connectivity index (χ3v) is 3.24. The Labute approximate surface area is 119 Å². The van der Waals surface area contributed by atoms with Crippen LogP contribution in [0, 0.1) is 0 Å². The zero-order chi connectivity index (χ0) is 14.4. The molecule has 2 heterocycles. The fraction of sp³-hybridized carbons (Fsp3) is 0.571. The lowest BCUT2D eigenvalue weighted by molar-refractivity contribution is 0.0383. The van der Waals surface area contributed by atoms with Gasteiger partial charge in [-0.3, -0.25) is 9.69 Å². The Balaban J connectivity index is 1.80. The average molecular weight is 278 g/mol. The molecule has 0 radical (unpaired) electrons. The number of carbonyl (C=O) groups excluding carboxylic acids is 1. The summed E-state index contributed by atoms with van der Waals surface area (Å²) in [5, 5.41) is 2.91. The maximum Gasteiger partial charge on any atom is 0.270 e. The van der Waals surface area contributed by atoms with Crippen LogP contribution in [0.2, 0.25) is 0 Å². The predicted octanol–water partition coefficient (Wildman–Crippen LogP) is 0.210. The van der Waals surface area contributed by atoms with E-state index in [0.29, 0.717) is 12.2 Å². The van der Waals surface area contributed by atoms with Crippen molar-refractivity contribution in [3.05, 3.63) is 23.9 Å². The molecule has 1 aliphatic heterocycles. The number of nitrogens with one attached hydrogen (secondary N) is 1. The molecular formula is C14H22N4O2. The van der Waals surface area contributed by atoms with E-state index in [1.54, 1.807) is 6.07 Å². The van der Waals surface area contributed by atoms with Crippen molar-refractivity contribution in [1.29, 1.82) is 0 Å². The van der Waals surface area contributed by atoms with Gasteiger partial charge in [0.25, 0.3) is 5.91 Å². The first-order valence-corrected chi connectivity index (χ1v) is 6.89. The van der Waals surface area contributed by atoms with Gasteiger partial charge in [0, 0.05) is 40.3 Å². The number of morpholine rings is 1. The third kappa shape index (κ3) is 4.18. The van der Waals surface area contributed by atoms with E-state index >= 15 is 0 Å². The van der Waals surface area contributed by atoms with E-state index in [2.05, 4.69) is 15.2 Å². The highest BCUT2D eigenvalue weighted by molar-refractivity contribution is 5.92. The molecule has 0 atom stereocenters. The molecule has 1 aromatic rings. The van der Waals surface area contributed by atoms with E-state index in [-0.39, 0.29) is 5.91 Å². The van der Waals surface area contributed by atoms with Crippen molar-refractivity contribution < 1.29 is 9.53 Å². The van der Waals surface area contributed by atoms with Crippen molar-refractivity contribution in [3.63, 3.8) is 0 Å². The van der Waals surface area contributed by atoms with Crippen molar-refractivity contribution in [1.82, 2.24) is 15.2 Å². The van der Waals surface area contributed by atoms with E-state index in [1.807, 2.05) is 31.1 Å². The molecule has 0 unspecified atom stereocenters. The Hall–Kier alpha value is -1.66. The molecule has 6 nitrogen and oxygen atoms in total. The second-order valence-corrected chi connectivity index (χ2v) is 4.99. The van der Waals surface area contributed by atoms with Gasteiger partial charge in [0.1, 0.15) is 11.5 Å². The maximum atomic E-state index is 12.0. The normalized spacial score (nSPS) is 15.9. The molecule has 1 fully saturated rings. The van der Waals surface area contributed by atoms with Gasteiger partial charge in [-0.05, 0) is 12.1 Å². The summed E-state index contributed by atoms with van der Waals surface area (Å²) in [6.45, 7) is 4.91. The van der Waals surface area contributed by atoms with E-state index in [4.69, 9.17) is 4.74 Å². The summed E-state index contributed by atoms with van der Waals surface area (Å²) in [4.78, 5) is 20.5. The summed E-state index contributed by atoms with van der Waals surface area (Å²) in [5.74, 6) is 0.660. The first-order chi connectivity index (χ1) is 9.66. The van der Waals surface area contributed by atoms with Gasteiger partial charge in [0.2, 0.25) is 0 Å². The van der Waals surface area contributed by atoms with Crippen LogP contribution in [0.4, 0.5) is 5.82 Å². The Bertz CT molecular complexity index is 445. The van der Waals surface area contributed by atoms with Crippen LogP contribution in [0.5, 0.6) is 0 Å². The first-order valence-electron chi connectivity index (χ1n) is 6.89. The minimum Gasteiger partial charge on any atom is -0.379 e. The molecule has 20 heavy (non-hydrogen) atoms. The number of anilines is 1. The zero-order valence-corrected chi connectivity index (χ0v) is 12.1. The Kier molecular flexibility index (Phi) is 5.31. The quantitative estimate of drug-likeness (QED) is 0.834. The Morgan fingerprint density at radius 2 is 2.15 bits per heavy atom. The van der Waals surface area contributed by atoms with Crippen LogP contribution in [0.15, 0.2) is 18.2 Å². The second-order valence-electron chi connectivity index (χ2n) is 4.99. The van der Waals surface area contributed by atoms with E-state index < -0.39 is 0 Å². The molecule has 1 aliphatic rings. The van der Waals surface area contributed by atoms with Crippen LogP contribution >= 0.6 is 0 Å². The van der Waals surface area contributed by atoms with Crippen LogP contribution in [-0.4, -0.2) is 69.3 Å². The number of nitrogens with zero attached hydrogens (tertiary/aromatic N) is 3. The highest BCUT2D eigenvalue weighted by Crippen LogP contribution is 2.07. The topological polar surface area (TPSA) is 57.7 Å². The number of hydrogen-bond acceptors (Lipinski definition) is 5. The van der Waals surface area contributed by atoms with Gasteiger partial charge in [-0.2, -0.15) is 0 Å². The van der Waals surface area contributed by atoms with Crippen molar-refractivity contribution in [2.75, 3.05) is 58.4 Å². The molecule has 1 saturated heterocycles. The van der Waals surface area contributed by atoms with Crippen LogP contribution in [0.3, 0.4) is 0 Å². The summed E-state index contributed by atoms with van der Waals surface area (Å²) in [7, 11) is 3.81. The third-order valence-electron chi connectivity index (χ3n) is 3.24. The lowest BCUT2D eigenvalue weighted by Crippen LogP contribution is -2.41. The number of hydrogen-bond donors (Lipinski definition) is 1. The van der Waals surface area contributed by atoms with Gasteiger partial charge in [0.15, 0.2) is 0 Å². The van der Waals surface area contributed by atoms with Crippen LogP contribution in [0.25, 0.3) is 0 Å². The summed E-state index contributed by atoms with van der Waals surface area (Å²) in [6.07, 6.45) is 0. The monoisotopic (exact) mass is 278 g/mol. The van der Waals surface area contributed by atoms with Gasteiger partial charge in [-0.1, -0.05) is 6.07 Å². The standard InChI is InChI=1S/C14H22N4O2/c1-17(2)13-5-3-4-12(16-13)14(19)15-6-7-18-8-10-20-11-9-18/h3-5H,6-11H2,1-2H3,(H,15,19). The van der Waals surface area contributed by atoms with E-state index in [1.165, 1.54) is 0 Å². The smallest absolute Gasteiger partial charge is 0.270 e. The minimum atomic E-state index is -0.123. The second kappa shape index (κ2) is 7.21. The van der Waals surface area contributed by atoms with Gasteiger partial charge in [-0.25, -0.2) is 4.98 Å². The molecule has 1 amide bonds. The zero-order valence-electron chi connectivity index (χ0n) is 12.1. The van der Waals surface area contributed by atoms with Crippen molar-refractivity contribution in [2.45, 2.75) is 0 Å². The SMILES string of the molecule is CN(C)c1cccc(C(=O)NCCN2CCOCC2)n1. The highest BCUT2D eigenvalue weighted by Gasteiger charge is 2.12. The number of aromatic nitrogens is 1. The summed E-state index contributed by atoms with van der Waals surface area (Å²) in [5.41, 5.74) is 0.457. The van der Waals surface area contributed by atoms with Gasteiger partial charge in [-0.15, -0.1) is 0 Å². The first kappa shape index (κ1) is 14.7. The van der Waals surface area contributed by atoms with Crippen LogP contribution < -0.4 is 10.2 Å². The molecular weight excluding hydrogens is 256 g/mol. The molecule has 1 aromatic heterocycles. The maximum absolute atomic E-state index is 12.0.